The molecule has 2 atom stereocenters. The fraction of sp³-hybridized carbons (Fsp3) is 0.222. The van der Waals surface area contributed by atoms with Gasteiger partial charge in [0.25, 0.3) is 0 Å². The maximum absolute atomic E-state index is 12.4. The number of carbonyl (C=O) groups is 1. The first-order valence-electron chi connectivity index (χ1n) is 7.59. The number of anilines is 1. The molecule has 23 heavy (non-hydrogen) atoms. The number of carbonyl (C=O) groups excluding carboxylic acids is 1. The Bertz CT molecular complexity index is 940. The van der Waals surface area contributed by atoms with Crippen LogP contribution >= 0.6 is 0 Å². The molecule has 0 bridgehead atoms. The van der Waals surface area contributed by atoms with Gasteiger partial charge in [0, 0.05) is 24.7 Å². The van der Waals surface area contributed by atoms with E-state index in [4.69, 9.17) is 4.42 Å². The predicted molar refractivity (Wildman–Crippen MR) is 87.4 cm³/mol. The summed E-state index contributed by atoms with van der Waals surface area (Å²) in [6.07, 6.45) is 0.874. The van der Waals surface area contributed by atoms with Crippen molar-refractivity contribution in [3.63, 3.8) is 0 Å². The first-order valence-corrected chi connectivity index (χ1v) is 7.59. The summed E-state index contributed by atoms with van der Waals surface area (Å²) in [7, 11) is 1.65. The minimum Gasteiger partial charge on any atom is -0.408 e. The minimum atomic E-state index is -0.408. The highest BCUT2D eigenvalue weighted by Crippen LogP contribution is 2.47. The molecular formula is C18H16N2O3. The molecule has 1 aromatic heterocycles. The van der Waals surface area contributed by atoms with Crippen LogP contribution in [0.3, 0.4) is 0 Å². The van der Waals surface area contributed by atoms with Crippen molar-refractivity contribution in [2.45, 2.75) is 12.3 Å². The molecule has 1 heterocycles. The number of fused-ring (bicyclic) bond motifs is 1. The Labute approximate surface area is 132 Å². The fourth-order valence-electron chi connectivity index (χ4n) is 3.00. The van der Waals surface area contributed by atoms with Gasteiger partial charge >= 0.3 is 5.76 Å². The van der Waals surface area contributed by atoms with Crippen LogP contribution in [-0.2, 0) is 11.8 Å². The van der Waals surface area contributed by atoms with Crippen LogP contribution in [0.1, 0.15) is 17.9 Å². The topological polar surface area (TPSA) is 64.2 Å². The van der Waals surface area contributed by atoms with Gasteiger partial charge in [-0.25, -0.2) is 4.79 Å². The minimum absolute atomic E-state index is 0.0101. The Morgan fingerprint density at radius 3 is 2.78 bits per heavy atom. The number of benzene rings is 2. The van der Waals surface area contributed by atoms with Gasteiger partial charge in [-0.3, -0.25) is 9.36 Å². The molecule has 1 N–H and O–H groups in total. The van der Waals surface area contributed by atoms with Crippen LogP contribution in [0.2, 0.25) is 0 Å². The van der Waals surface area contributed by atoms with E-state index in [9.17, 15) is 9.59 Å². The number of aryl methyl sites for hydroxylation is 1. The summed E-state index contributed by atoms with van der Waals surface area (Å²) in [5, 5.41) is 2.91. The van der Waals surface area contributed by atoms with E-state index >= 15 is 0 Å². The Balaban J connectivity index is 1.50. The number of nitrogens with one attached hydrogen (secondary N) is 1. The number of hydrogen-bond acceptors (Lipinski definition) is 3. The van der Waals surface area contributed by atoms with E-state index in [1.165, 1.54) is 10.1 Å². The summed E-state index contributed by atoms with van der Waals surface area (Å²) in [6, 6.07) is 15.3. The number of oxazole rings is 1. The Kier molecular flexibility index (Phi) is 3.08. The van der Waals surface area contributed by atoms with Crippen LogP contribution in [0.15, 0.2) is 57.7 Å². The second-order valence-electron chi connectivity index (χ2n) is 5.96. The molecule has 116 valence electrons. The van der Waals surface area contributed by atoms with Gasteiger partial charge in [-0.15, -0.1) is 0 Å². The molecule has 1 aliphatic carbocycles. The lowest BCUT2D eigenvalue weighted by Crippen LogP contribution is -2.14. The van der Waals surface area contributed by atoms with Crippen molar-refractivity contribution in [2.24, 2.45) is 13.0 Å². The van der Waals surface area contributed by atoms with Crippen molar-refractivity contribution in [1.82, 2.24) is 4.57 Å². The van der Waals surface area contributed by atoms with Crippen LogP contribution in [0.5, 0.6) is 0 Å². The van der Waals surface area contributed by atoms with Gasteiger partial charge in [0.2, 0.25) is 5.91 Å². The molecule has 1 aliphatic rings. The van der Waals surface area contributed by atoms with Gasteiger partial charge < -0.3 is 9.73 Å². The summed E-state index contributed by atoms with van der Waals surface area (Å²) < 4.78 is 6.58. The molecule has 0 aliphatic heterocycles. The van der Waals surface area contributed by atoms with Gasteiger partial charge in [-0.2, -0.15) is 0 Å². The number of hydrogen-bond donors (Lipinski definition) is 1. The fourth-order valence-corrected chi connectivity index (χ4v) is 3.00. The van der Waals surface area contributed by atoms with Crippen LogP contribution in [0, 0.1) is 5.92 Å². The first kappa shape index (κ1) is 13.8. The molecule has 4 rings (SSSR count). The van der Waals surface area contributed by atoms with Gasteiger partial charge in [-0.05, 0) is 30.0 Å². The van der Waals surface area contributed by atoms with Crippen molar-refractivity contribution >= 4 is 22.7 Å². The first-order chi connectivity index (χ1) is 11.1. The monoisotopic (exact) mass is 308 g/mol. The summed E-state index contributed by atoms with van der Waals surface area (Å²) in [6.45, 7) is 0. The van der Waals surface area contributed by atoms with Gasteiger partial charge in [0.05, 0.1) is 5.52 Å². The molecule has 0 saturated heterocycles. The van der Waals surface area contributed by atoms with Crippen molar-refractivity contribution in [3.8, 4) is 0 Å². The Morgan fingerprint density at radius 1 is 1.22 bits per heavy atom. The van der Waals surface area contributed by atoms with Gasteiger partial charge in [-0.1, -0.05) is 30.3 Å². The van der Waals surface area contributed by atoms with Gasteiger partial charge in [0.1, 0.15) is 0 Å². The molecule has 0 spiro atoms. The highest BCUT2D eigenvalue weighted by atomic mass is 16.4. The highest BCUT2D eigenvalue weighted by molar-refractivity contribution is 5.96. The number of nitrogens with zero attached hydrogens (tertiary/aromatic N) is 1. The summed E-state index contributed by atoms with van der Waals surface area (Å²) >= 11 is 0. The van der Waals surface area contributed by atoms with E-state index < -0.39 is 5.76 Å². The normalized spacial score (nSPS) is 19.7. The number of aromatic nitrogens is 1. The standard InChI is InChI=1S/C18H16N2O3/c1-20-15-8-7-12(9-16(15)23-18(20)22)19-17(21)14-10-13(14)11-5-3-2-4-6-11/h2-9,13-14H,10H2,1H3,(H,19,21)/t13-,14-/m1/s1. The Morgan fingerprint density at radius 2 is 2.00 bits per heavy atom. The molecule has 0 radical (unpaired) electrons. The van der Waals surface area contributed by atoms with Crippen LogP contribution in [0.4, 0.5) is 5.69 Å². The SMILES string of the molecule is Cn1c(=O)oc2cc(NC(=O)[C@@H]3C[C@@H]3c3ccccc3)ccc21. The zero-order valence-electron chi connectivity index (χ0n) is 12.7. The second-order valence-corrected chi connectivity index (χ2v) is 5.96. The lowest BCUT2D eigenvalue weighted by molar-refractivity contribution is -0.117. The van der Waals surface area contributed by atoms with Crippen molar-refractivity contribution in [2.75, 3.05) is 5.32 Å². The van der Waals surface area contributed by atoms with Crippen molar-refractivity contribution < 1.29 is 9.21 Å². The lowest BCUT2D eigenvalue weighted by atomic mass is 10.1. The quantitative estimate of drug-likeness (QED) is 0.809. The molecule has 1 saturated carbocycles. The zero-order chi connectivity index (χ0) is 16.0. The average Bonchev–Trinajstić information content (AvgIpc) is 3.31. The Hall–Kier alpha value is -2.82. The molecule has 1 amide bonds. The summed E-state index contributed by atoms with van der Waals surface area (Å²) in [4.78, 5) is 23.9. The van der Waals surface area contributed by atoms with E-state index in [1.807, 2.05) is 18.2 Å². The third-order valence-electron chi connectivity index (χ3n) is 4.41. The van der Waals surface area contributed by atoms with E-state index in [0.29, 0.717) is 22.7 Å². The third kappa shape index (κ3) is 2.44. The largest absolute Gasteiger partial charge is 0.419 e. The van der Waals surface area contributed by atoms with E-state index in [-0.39, 0.29) is 11.8 Å². The van der Waals surface area contributed by atoms with E-state index in [2.05, 4.69) is 17.4 Å². The average molecular weight is 308 g/mol. The van der Waals surface area contributed by atoms with Crippen LogP contribution in [-0.4, -0.2) is 10.5 Å². The third-order valence-corrected chi connectivity index (χ3v) is 4.41. The smallest absolute Gasteiger partial charge is 0.408 e. The molecule has 1 fully saturated rings. The molecule has 3 aromatic rings. The molecule has 5 heteroatoms. The second kappa shape index (κ2) is 5.12. The molecule has 5 nitrogen and oxygen atoms in total. The van der Waals surface area contributed by atoms with Crippen molar-refractivity contribution in [3.05, 3.63) is 64.6 Å². The van der Waals surface area contributed by atoms with Crippen LogP contribution < -0.4 is 11.1 Å². The summed E-state index contributed by atoms with van der Waals surface area (Å²) in [5.74, 6) is -0.0863. The maximum Gasteiger partial charge on any atom is 0.419 e. The van der Waals surface area contributed by atoms with E-state index in [0.717, 1.165) is 6.42 Å². The maximum atomic E-state index is 12.4. The highest BCUT2D eigenvalue weighted by Gasteiger charge is 2.43. The summed E-state index contributed by atoms with van der Waals surface area (Å²) in [5.41, 5.74) is 3.04. The zero-order valence-corrected chi connectivity index (χ0v) is 12.7. The molecular weight excluding hydrogens is 292 g/mol. The van der Waals surface area contributed by atoms with E-state index in [1.54, 1.807) is 25.2 Å². The predicted octanol–water partition coefficient (Wildman–Crippen LogP) is 2.87. The van der Waals surface area contributed by atoms with Crippen LogP contribution in [0.25, 0.3) is 11.1 Å². The van der Waals surface area contributed by atoms with Crippen molar-refractivity contribution in [1.29, 1.82) is 0 Å². The number of amides is 1. The number of rotatable bonds is 3. The lowest BCUT2D eigenvalue weighted by Gasteiger charge is -2.05. The molecule has 2 aromatic carbocycles. The van der Waals surface area contributed by atoms with Gasteiger partial charge in [0.15, 0.2) is 5.58 Å². The molecule has 0 unspecified atom stereocenters.